The largest absolute Gasteiger partial charge is 0.342 e. The van der Waals surface area contributed by atoms with Crippen molar-refractivity contribution in [2.24, 2.45) is 0 Å². The van der Waals surface area contributed by atoms with E-state index < -0.39 is 0 Å². The number of likely N-dealkylation sites (tertiary alicyclic amines) is 1. The molecule has 0 unspecified atom stereocenters. The fourth-order valence-electron chi connectivity index (χ4n) is 1.94. The first kappa shape index (κ1) is 13.0. The third kappa shape index (κ3) is 3.75. The molecule has 1 aromatic rings. The van der Waals surface area contributed by atoms with Gasteiger partial charge in [-0.2, -0.15) is 0 Å². The van der Waals surface area contributed by atoms with E-state index in [9.17, 15) is 4.79 Å². The van der Waals surface area contributed by atoms with Crippen LogP contribution in [0.1, 0.15) is 19.3 Å². The van der Waals surface area contributed by atoms with Crippen molar-refractivity contribution in [1.82, 2.24) is 4.90 Å². The monoisotopic (exact) mass is 313 g/mol. The number of nitrogens with zero attached hydrogens (tertiary/aromatic N) is 1. The molecule has 1 aliphatic rings. The zero-order valence-corrected chi connectivity index (χ0v) is 12.1. The Hall–Kier alpha value is -0.480. The van der Waals surface area contributed by atoms with Crippen LogP contribution in [-0.2, 0) is 4.79 Å². The van der Waals surface area contributed by atoms with E-state index in [0.717, 1.165) is 35.3 Å². The van der Waals surface area contributed by atoms with Crippen molar-refractivity contribution in [3.63, 3.8) is 0 Å². The molecule has 0 atom stereocenters. The first-order valence-electron chi connectivity index (χ1n) is 5.92. The molecule has 0 aliphatic carbocycles. The summed E-state index contributed by atoms with van der Waals surface area (Å²) in [5, 5.41) is 0. The van der Waals surface area contributed by atoms with Gasteiger partial charge in [-0.25, -0.2) is 0 Å². The maximum absolute atomic E-state index is 12.0. The van der Waals surface area contributed by atoms with Crippen LogP contribution in [0.25, 0.3) is 0 Å². The summed E-state index contributed by atoms with van der Waals surface area (Å²) < 4.78 is 1.07. The van der Waals surface area contributed by atoms with Crippen molar-refractivity contribution in [1.29, 1.82) is 0 Å². The average molecular weight is 314 g/mol. The van der Waals surface area contributed by atoms with Gasteiger partial charge >= 0.3 is 0 Å². The van der Waals surface area contributed by atoms with Gasteiger partial charge in [0.25, 0.3) is 0 Å². The number of piperidine rings is 1. The Morgan fingerprint density at radius 1 is 1.24 bits per heavy atom. The Balaban J connectivity index is 1.85. The van der Waals surface area contributed by atoms with Crippen LogP contribution in [0.15, 0.2) is 33.6 Å². The minimum absolute atomic E-state index is 0.269. The van der Waals surface area contributed by atoms with Gasteiger partial charge in [0.05, 0.1) is 5.75 Å². The van der Waals surface area contributed by atoms with Crippen molar-refractivity contribution in [3.05, 3.63) is 28.7 Å². The van der Waals surface area contributed by atoms with Crippen molar-refractivity contribution in [2.75, 3.05) is 18.8 Å². The lowest BCUT2D eigenvalue weighted by atomic mass is 10.1. The smallest absolute Gasteiger partial charge is 0.232 e. The first-order chi connectivity index (χ1) is 8.27. The Morgan fingerprint density at radius 2 is 1.94 bits per heavy atom. The van der Waals surface area contributed by atoms with Gasteiger partial charge in [0, 0.05) is 22.5 Å². The Bertz CT molecular complexity index is 391. The number of hydrogen-bond acceptors (Lipinski definition) is 2. The van der Waals surface area contributed by atoms with Gasteiger partial charge in [-0.1, -0.05) is 12.1 Å². The molecule has 1 aromatic carbocycles. The number of thioether (sulfide) groups is 1. The van der Waals surface area contributed by atoms with Gasteiger partial charge in [-0.3, -0.25) is 4.79 Å². The number of benzene rings is 1. The van der Waals surface area contributed by atoms with Crippen LogP contribution >= 0.6 is 27.7 Å². The molecule has 2 rings (SSSR count). The third-order valence-corrected chi connectivity index (χ3v) is 4.91. The van der Waals surface area contributed by atoms with E-state index in [-0.39, 0.29) is 5.91 Å². The van der Waals surface area contributed by atoms with E-state index in [2.05, 4.69) is 15.9 Å². The van der Waals surface area contributed by atoms with E-state index in [1.54, 1.807) is 11.8 Å². The molecule has 1 aliphatic heterocycles. The maximum Gasteiger partial charge on any atom is 0.232 e. The van der Waals surface area contributed by atoms with Crippen LogP contribution < -0.4 is 0 Å². The number of halogens is 1. The van der Waals surface area contributed by atoms with Crippen LogP contribution in [0.3, 0.4) is 0 Å². The maximum atomic E-state index is 12.0. The SMILES string of the molecule is O=C(CSc1ccccc1Br)N1CCCCC1. The minimum atomic E-state index is 0.269. The predicted molar refractivity (Wildman–Crippen MR) is 75.3 cm³/mol. The summed E-state index contributed by atoms with van der Waals surface area (Å²) in [6.45, 7) is 1.88. The lowest BCUT2D eigenvalue weighted by molar-refractivity contribution is -0.129. The molecule has 0 N–H and O–H groups in total. The number of rotatable bonds is 3. The second-order valence-corrected chi connectivity index (χ2v) is 6.03. The summed E-state index contributed by atoms with van der Waals surface area (Å²) in [6.07, 6.45) is 3.58. The van der Waals surface area contributed by atoms with Gasteiger partial charge in [0.2, 0.25) is 5.91 Å². The number of carbonyl (C=O) groups excluding carboxylic acids is 1. The van der Waals surface area contributed by atoms with Gasteiger partial charge in [0.1, 0.15) is 0 Å². The zero-order chi connectivity index (χ0) is 12.1. The van der Waals surface area contributed by atoms with E-state index in [0.29, 0.717) is 5.75 Å². The molecule has 0 radical (unpaired) electrons. The summed E-state index contributed by atoms with van der Waals surface area (Å²) in [7, 11) is 0. The highest BCUT2D eigenvalue weighted by Crippen LogP contribution is 2.27. The summed E-state index contributed by atoms with van der Waals surface area (Å²) in [4.78, 5) is 15.1. The Kier molecular flexibility index (Phi) is 4.92. The topological polar surface area (TPSA) is 20.3 Å². The molecular weight excluding hydrogens is 298 g/mol. The molecule has 1 heterocycles. The fraction of sp³-hybridized carbons (Fsp3) is 0.462. The highest BCUT2D eigenvalue weighted by atomic mass is 79.9. The number of amides is 1. The molecule has 0 spiro atoms. The van der Waals surface area contributed by atoms with Crippen molar-refractivity contribution in [2.45, 2.75) is 24.2 Å². The Labute approximate surface area is 115 Å². The molecule has 0 bridgehead atoms. The van der Waals surface area contributed by atoms with Crippen LogP contribution in [0.5, 0.6) is 0 Å². The molecular formula is C13H16BrNOS. The summed E-state index contributed by atoms with van der Waals surface area (Å²) in [6, 6.07) is 8.03. The van der Waals surface area contributed by atoms with Gasteiger partial charge < -0.3 is 4.90 Å². The normalized spacial score (nSPS) is 15.9. The van der Waals surface area contributed by atoms with E-state index >= 15 is 0 Å². The van der Waals surface area contributed by atoms with Gasteiger partial charge in [-0.15, -0.1) is 11.8 Å². The van der Waals surface area contributed by atoms with Crippen LogP contribution in [0.4, 0.5) is 0 Å². The second kappa shape index (κ2) is 6.45. The van der Waals surface area contributed by atoms with Crippen LogP contribution in [-0.4, -0.2) is 29.6 Å². The first-order valence-corrected chi connectivity index (χ1v) is 7.70. The molecule has 1 saturated heterocycles. The predicted octanol–water partition coefficient (Wildman–Crippen LogP) is 3.55. The molecule has 4 heteroatoms. The van der Waals surface area contributed by atoms with Crippen molar-refractivity contribution >= 4 is 33.6 Å². The molecule has 2 nitrogen and oxygen atoms in total. The average Bonchev–Trinajstić information content (AvgIpc) is 2.38. The molecule has 0 saturated carbocycles. The molecule has 92 valence electrons. The zero-order valence-electron chi connectivity index (χ0n) is 9.69. The quantitative estimate of drug-likeness (QED) is 0.795. The summed E-state index contributed by atoms with van der Waals surface area (Å²) in [5.74, 6) is 0.813. The standard InChI is InChI=1S/C13H16BrNOS/c14-11-6-2-3-7-12(11)17-10-13(16)15-8-4-1-5-9-15/h2-3,6-7H,1,4-5,8-10H2. The van der Waals surface area contributed by atoms with Gasteiger partial charge in [-0.05, 0) is 47.3 Å². The minimum Gasteiger partial charge on any atom is -0.342 e. The van der Waals surface area contributed by atoms with Crippen LogP contribution in [0.2, 0.25) is 0 Å². The molecule has 1 fully saturated rings. The van der Waals surface area contributed by atoms with Crippen LogP contribution in [0, 0.1) is 0 Å². The summed E-state index contributed by atoms with van der Waals surface area (Å²) >= 11 is 5.11. The van der Waals surface area contributed by atoms with E-state index in [1.165, 1.54) is 6.42 Å². The lowest BCUT2D eigenvalue weighted by Crippen LogP contribution is -2.36. The molecule has 1 amide bonds. The number of hydrogen-bond donors (Lipinski definition) is 0. The Morgan fingerprint density at radius 3 is 2.65 bits per heavy atom. The highest BCUT2D eigenvalue weighted by molar-refractivity contribution is 9.10. The molecule has 17 heavy (non-hydrogen) atoms. The molecule has 0 aromatic heterocycles. The van der Waals surface area contributed by atoms with E-state index in [1.807, 2.05) is 29.2 Å². The summed E-state index contributed by atoms with van der Waals surface area (Å²) in [5.41, 5.74) is 0. The van der Waals surface area contributed by atoms with E-state index in [4.69, 9.17) is 0 Å². The van der Waals surface area contributed by atoms with Gasteiger partial charge in [0.15, 0.2) is 0 Å². The lowest BCUT2D eigenvalue weighted by Gasteiger charge is -2.26. The highest BCUT2D eigenvalue weighted by Gasteiger charge is 2.16. The van der Waals surface area contributed by atoms with Crippen molar-refractivity contribution < 1.29 is 4.79 Å². The number of carbonyl (C=O) groups is 1. The third-order valence-electron chi connectivity index (χ3n) is 2.90. The fourth-order valence-corrected chi connectivity index (χ4v) is 3.41. The second-order valence-electron chi connectivity index (χ2n) is 4.16. The van der Waals surface area contributed by atoms with Crippen molar-refractivity contribution in [3.8, 4) is 0 Å².